The van der Waals surface area contributed by atoms with Crippen LogP contribution in [0.3, 0.4) is 0 Å². The van der Waals surface area contributed by atoms with Crippen LogP contribution < -0.4 is 4.80 Å². The van der Waals surface area contributed by atoms with E-state index in [4.69, 9.17) is 11.6 Å². The molecule has 0 spiro atoms. The first-order chi connectivity index (χ1) is 14.8. The quantitative estimate of drug-likeness (QED) is 0.492. The van der Waals surface area contributed by atoms with Gasteiger partial charge in [0.25, 0.3) is 15.9 Å². The van der Waals surface area contributed by atoms with Crippen LogP contribution >= 0.6 is 34.3 Å². The van der Waals surface area contributed by atoms with Gasteiger partial charge < -0.3 is 4.57 Å². The molecule has 1 aromatic carbocycles. The summed E-state index contributed by atoms with van der Waals surface area (Å²) in [5, 5.41) is 0. The lowest BCUT2D eigenvalue weighted by Crippen LogP contribution is -2.40. The first kappa shape index (κ1) is 22.3. The summed E-state index contributed by atoms with van der Waals surface area (Å²) < 4.78 is 43.6. The van der Waals surface area contributed by atoms with Crippen LogP contribution in [0.5, 0.6) is 0 Å². The Kier molecular flexibility index (Phi) is 6.45. The number of piperidine rings is 1. The minimum atomic E-state index is -3.61. The lowest BCUT2D eigenvalue weighted by atomic mass is 9.98. The van der Waals surface area contributed by atoms with Crippen molar-refractivity contribution in [1.82, 2.24) is 8.87 Å². The number of hydrogen-bond donors (Lipinski definition) is 0. The molecular formula is C20H19ClFN3O3S3. The number of thiophene rings is 1. The molecule has 1 fully saturated rings. The lowest BCUT2D eigenvalue weighted by Gasteiger charge is -2.29. The first-order valence-corrected chi connectivity index (χ1v) is 13.0. The van der Waals surface area contributed by atoms with Crippen LogP contribution in [0.25, 0.3) is 10.2 Å². The third-order valence-corrected chi connectivity index (χ3v) is 9.75. The smallest absolute Gasteiger partial charge is 0.252 e. The first-order valence-electron chi connectivity index (χ1n) is 9.53. The van der Waals surface area contributed by atoms with E-state index < -0.39 is 10.0 Å². The number of sulfonamides is 1. The number of carbonyl (C=O) groups is 1. The highest BCUT2D eigenvalue weighted by atomic mass is 35.5. The van der Waals surface area contributed by atoms with Gasteiger partial charge >= 0.3 is 0 Å². The normalized spacial score (nSPS) is 16.8. The lowest BCUT2D eigenvalue weighted by molar-refractivity contribution is -0.122. The third-order valence-electron chi connectivity index (χ3n) is 5.11. The van der Waals surface area contributed by atoms with Crippen LogP contribution in [-0.2, 0) is 21.4 Å². The van der Waals surface area contributed by atoms with E-state index in [1.165, 1.54) is 33.8 Å². The fourth-order valence-electron chi connectivity index (χ4n) is 3.53. The number of benzene rings is 1. The van der Waals surface area contributed by atoms with Crippen molar-refractivity contribution in [3.63, 3.8) is 0 Å². The molecule has 6 nitrogen and oxygen atoms in total. The fourth-order valence-corrected chi connectivity index (χ4v) is 7.71. The van der Waals surface area contributed by atoms with Crippen LogP contribution in [0, 0.1) is 11.7 Å². The molecule has 1 aliphatic rings. The van der Waals surface area contributed by atoms with Gasteiger partial charge in [0.1, 0.15) is 10.0 Å². The number of allylic oxidation sites excluding steroid dienone is 1. The van der Waals surface area contributed by atoms with E-state index in [1.807, 2.05) is 4.57 Å². The van der Waals surface area contributed by atoms with Gasteiger partial charge in [0.15, 0.2) is 4.80 Å². The average molecular weight is 500 g/mol. The fraction of sp³-hybridized carbons (Fsp3) is 0.300. The average Bonchev–Trinajstić information content (AvgIpc) is 3.32. The monoisotopic (exact) mass is 499 g/mol. The standard InChI is InChI=1S/C20H19ClFN3O3S3/c1-2-9-25-15-4-3-14(22)12-16(15)29-20(25)23-19(26)13-7-10-24(11-8-13)31(27,28)18-6-5-17(21)30-18/h2-6,12-13H,1,7-11H2. The van der Waals surface area contributed by atoms with Gasteiger partial charge in [0, 0.05) is 25.6 Å². The molecule has 1 saturated heterocycles. The molecule has 0 aliphatic carbocycles. The highest BCUT2D eigenvalue weighted by Gasteiger charge is 2.33. The molecule has 11 heteroatoms. The zero-order chi connectivity index (χ0) is 22.2. The molecule has 0 radical (unpaired) electrons. The largest absolute Gasteiger partial charge is 0.313 e. The van der Waals surface area contributed by atoms with E-state index in [0.717, 1.165) is 16.9 Å². The Morgan fingerprint density at radius 3 is 2.65 bits per heavy atom. The summed E-state index contributed by atoms with van der Waals surface area (Å²) in [4.78, 5) is 17.6. The number of thiazole rings is 1. The van der Waals surface area contributed by atoms with Gasteiger partial charge in [-0.25, -0.2) is 12.8 Å². The molecule has 1 aliphatic heterocycles. The number of amides is 1. The van der Waals surface area contributed by atoms with Crippen molar-refractivity contribution >= 4 is 60.4 Å². The maximum atomic E-state index is 13.6. The number of nitrogens with zero attached hydrogens (tertiary/aromatic N) is 3. The molecule has 0 bridgehead atoms. The number of hydrogen-bond acceptors (Lipinski definition) is 5. The summed E-state index contributed by atoms with van der Waals surface area (Å²) in [5.74, 6) is -1.00. The molecule has 31 heavy (non-hydrogen) atoms. The number of fused-ring (bicyclic) bond motifs is 1. The highest BCUT2D eigenvalue weighted by Crippen LogP contribution is 2.30. The topological polar surface area (TPSA) is 71.7 Å². The van der Waals surface area contributed by atoms with E-state index in [1.54, 1.807) is 18.2 Å². The summed E-state index contributed by atoms with van der Waals surface area (Å²) in [6, 6.07) is 7.51. The van der Waals surface area contributed by atoms with Gasteiger partial charge in [-0.05, 0) is 43.2 Å². The van der Waals surface area contributed by atoms with Crippen molar-refractivity contribution in [2.75, 3.05) is 13.1 Å². The second kappa shape index (κ2) is 8.95. The SMILES string of the molecule is C=CCn1c(=NC(=O)C2CCN(S(=O)(=O)c3ccc(Cl)s3)CC2)sc2cc(F)ccc21. The Labute approximate surface area is 192 Å². The number of aromatic nitrogens is 1. The van der Waals surface area contributed by atoms with Gasteiger partial charge in [0.2, 0.25) is 0 Å². The van der Waals surface area contributed by atoms with Crippen LogP contribution in [0.15, 0.2) is 52.2 Å². The van der Waals surface area contributed by atoms with E-state index in [-0.39, 0.29) is 34.9 Å². The van der Waals surface area contributed by atoms with Gasteiger partial charge in [-0.15, -0.1) is 17.9 Å². The summed E-state index contributed by atoms with van der Waals surface area (Å²) in [6.07, 6.45) is 2.47. The predicted molar refractivity (Wildman–Crippen MR) is 121 cm³/mol. The van der Waals surface area contributed by atoms with E-state index >= 15 is 0 Å². The van der Waals surface area contributed by atoms with Crippen molar-refractivity contribution in [3.8, 4) is 0 Å². The third kappa shape index (κ3) is 4.54. The van der Waals surface area contributed by atoms with Crippen molar-refractivity contribution in [2.45, 2.75) is 23.6 Å². The van der Waals surface area contributed by atoms with Crippen molar-refractivity contribution in [3.05, 3.63) is 57.9 Å². The number of rotatable bonds is 5. The van der Waals surface area contributed by atoms with Gasteiger partial charge in [0.05, 0.1) is 14.6 Å². The van der Waals surface area contributed by atoms with Gasteiger partial charge in [-0.3, -0.25) is 4.79 Å². The van der Waals surface area contributed by atoms with E-state index in [0.29, 0.717) is 33.2 Å². The molecule has 4 rings (SSSR count). The molecule has 1 amide bonds. The van der Waals surface area contributed by atoms with E-state index in [2.05, 4.69) is 11.6 Å². The van der Waals surface area contributed by atoms with Crippen molar-refractivity contribution < 1.29 is 17.6 Å². The Balaban J connectivity index is 1.53. The number of carbonyl (C=O) groups excluding carboxylic acids is 1. The minimum absolute atomic E-state index is 0.204. The second-order valence-electron chi connectivity index (χ2n) is 7.08. The van der Waals surface area contributed by atoms with Crippen molar-refractivity contribution in [1.29, 1.82) is 0 Å². The summed E-state index contributed by atoms with van der Waals surface area (Å²) in [6.45, 7) is 4.67. The molecule has 2 aromatic heterocycles. The molecule has 0 unspecified atom stereocenters. The molecule has 3 aromatic rings. The zero-order valence-electron chi connectivity index (χ0n) is 16.3. The van der Waals surface area contributed by atoms with Crippen LogP contribution in [0.1, 0.15) is 12.8 Å². The van der Waals surface area contributed by atoms with E-state index in [9.17, 15) is 17.6 Å². The second-order valence-corrected chi connectivity index (χ2v) is 12.0. The Morgan fingerprint density at radius 1 is 1.26 bits per heavy atom. The summed E-state index contributed by atoms with van der Waals surface area (Å²) >= 11 is 8.14. The van der Waals surface area contributed by atoms with Gasteiger partial charge in [-0.1, -0.05) is 29.0 Å². The highest BCUT2D eigenvalue weighted by molar-refractivity contribution is 7.91. The summed E-state index contributed by atoms with van der Waals surface area (Å²) in [7, 11) is -3.61. The molecule has 0 atom stereocenters. The molecule has 0 saturated carbocycles. The molecular weight excluding hydrogens is 481 g/mol. The Hall–Kier alpha value is -1.85. The maximum Gasteiger partial charge on any atom is 0.252 e. The Morgan fingerprint density at radius 2 is 2.00 bits per heavy atom. The van der Waals surface area contributed by atoms with Crippen LogP contribution in [0.2, 0.25) is 4.34 Å². The van der Waals surface area contributed by atoms with Crippen LogP contribution in [0.4, 0.5) is 4.39 Å². The summed E-state index contributed by atoms with van der Waals surface area (Å²) in [5.41, 5.74) is 0.786. The predicted octanol–water partition coefficient (Wildman–Crippen LogP) is 4.27. The van der Waals surface area contributed by atoms with Gasteiger partial charge in [-0.2, -0.15) is 9.30 Å². The molecule has 0 N–H and O–H groups in total. The molecule has 164 valence electrons. The minimum Gasteiger partial charge on any atom is -0.313 e. The zero-order valence-corrected chi connectivity index (χ0v) is 19.5. The van der Waals surface area contributed by atoms with Crippen LogP contribution in [-0.4, -0.2) is 36.3 Å². The molecule has 3 heterocycles. The maximum absolute atomic E-state index is 13.6. The Bertz CT molecular complexity index is 1320. The van der Waals surface area contributed by atoms with Crippen molar-refractivity contribution in [2.24, 2.45) is 10.9 Å². The number of halogens is 2.